The maximum Gasteiger partial charge on any atom is 0.153 e. The second kappa shape index (κ2) is 6.25. The van der Waals surface area contributed by atoms with E-state index >= 15 is 0 Å². The predicted octanol–water partition coefficient (Wildman–Crippen LogP) is 2.51. The molecule has 1 atom stereocenters. The van der Waals surface area contributed by atoms with Crippen LogP contribution in [0.2, 0.25) is 0 Å². The molecule has 0 saturated carbocycles. The second-order valence-corrected chi connectivity index (χ2v) is 5.28. The lowest BCUT2D eigenvalue weighted by Gasteiger charge is -2.24. The van der Waals surface area contributed by atoms with Crippen LogP contribution in [0.4, 0.5) is 8.78 Å². The quantitative estimate of drug-likeness (QED) is 0.813. The summed E-state index contributed by atoms with van der Waals surface area (Å²) in [6.45, 7) is 1.98. The van der Waals surface area contributed by atoms with Crippen molar-refractivity contribution < 1.29 is 18.3 Å². The van der Waals surface area contributed by atoms with Crippen molar-refractivity contribution in [2.24, 2.45) is 0 Å². The molecule has 3 rings (SSSR count). The van der Waals surface area contributed by atoms with Crippen LogP contribution in [0.1, 0.15) is 5.82 Å². The molecule has 4 nitrogen and oxygen atoms in total. The zero-order valence-electron chi connectivity index (χ0n) is 11.3. The molecule has 21 heavy (non-hydrogen) atoms. The Bertz CT molecular complexity index is 641. The van der Waals surface area contributed by atoms with E-state index < -0.39 is 11.6 Å². The number of benzene rings is 1. The highest BCUT2D eigenvalue weighted by molar-refractivity contribution is 6.17. The zero-order chi connectivity index (χ0) is 14.8. The van der Waals surface area contributed by atoms with Gasteiger partial charge in [0.25, 0.3) is 0 Å². The summed E-state index contributed by atoms with van der Waals surface area (Å²) < 4.78 is 40.1. The second-order valence-electron chi connectivity index (χ2n) is 4.90. The minimum atomic E-state index is -0.666. The fourth-order valence-corrected chi connectivity index (χ4v) is 2.69. The van der Waals surface area contributed by atoms with Gasteiger partial charge >= 0.3 is 0 Å². The summed E-state index contributed by atoms with van der Waals surface area (Å²) in [5.41, 5.74) is 0.579. The summed E-state index contributed by atoms with van der Waals surface area (Å²) in [6, 6.07) is 2.12. The smallest absolute Gasteiger partial charge is 0.153 e. The van der Waals surface area contributed by atoms with Gasteiger partial charge in [0.1, 0.15) is 17.2 Å². The van der Waals surface area contributed by atoms with Crippen LogP contribution in [0.25, 0.3) is 11.0 Å². The average molecular weight is 317 g/mol. The number of halogens is 3. The van der Waals surface area contributed by atoms with Gasteiger partial charge in [0.2, 0.25) is 0 Å². The Balaban J connectivity index is 2.02. The molecule has 0 spiro atoms. The van der Waals surface area contributed by atoms with Crippen LogP contribution in [-0.2, 0) is 22.4 Å². The molecule has 1 saturated heterocycles. The Morgan fingerprint density at radius 3 is 2.90 bits per heavy atom. The summed E-state index contributed by atoms with van der Waals surface area (Å²) in [4.78, 5) is 4.25. The molecule has 114 valence electrons. The predicted molar refractivity (Wildman–Crippen MR) is 74.6 cm³/mol. The maximum atomic E-state index is 13.9. The van der Waals surface area contributed by atoms with Crippen molar-refractivity contribution in [3.63, 3.8) is 0 Å². The Kier molecular flexibility index (Phi) is 4.37. The van der Waals surface area contributed by atoms with Crippen LogP contribution in [0.3, 0.4) is 0 Å². The Labute approximate surface area is 125 Å². The van der Waals surface area contributed by atoms with E-state index in [1.807, 2.05) is 0 Å². The number of aryl methyl sites for hydroxylation is 1. The molecule has 0 bridgehead atoms. The molecule has 0 amide bonds. The van der Waals surface area contributed by atoms with Crippen molar-refractivity contribution in [3.05, 3.63) is 29.6 Å². The molecular formula is C14H15ClF2N2O2. The number of imidazole rings is 1. The van der Waals surface area contributed by atoms with Crippen LogP contribution in [0, 0.1) is 11.6 Å². The monoisotopic (exact) mass is 316 g/mol. The van der Waals surface area contributed by atoms with Crippen molar-refractivity contribution in [2.75, 3.05) is 25.7 Å². The lowest BCUT2D eigenvalue weighted by molar-refractivity contribution is -0.0934. The van der Waals surface area contributed by atoms with Gasteiger partial charge in [0.05, 0.1) is 38.0 Å². The first-order valence-corrected chi connectivity index (χ1v) is 7.32. The van der Waals surface area contributed by atoms with E-state index in [0.717, 1.165) is 6.07 Å². The molecule has 2 heterocycles. The molecule has 1 aliphatic heterocycles. The van der Waals surface area contributed by atoms with Gasteiger partial charge in [0.15, 0.2) is 5.82 Å². The van der Waals surface area contributed by atoms with Crippen LogP contribution in [0.15, 0.2) is 12.1 Å². The van der Waals surface area contributed by atoms with Crippen LogP contribution in [0.5, 0.6) is 0 Å². The number of fused-ring (bicyclic) bond motifs is 1. The molecule has 1 aliphatic rings. The maximum absolute atomic E-state index is 13.9. The topological polar surface area (TPSA) is 36.3 Å². The van der Waals surface area contributed by atoms with Crippen molar-refractivity contribution in [3.8, 4) is 0 Å². The lowest BCUT2D eigenvalue weighted by atomic mass is 10.2. The van der Waals surface area contributed by atoms with Gasteiger partial charge in [-0.15, -0.1) is 11.6 Å². The van der Waals surface area contributed by atoms with E-state index in [4.69, 9.17) is 21.1 Å². The highest BCUT2D eigenvalue weighted by atomic mass is 35.5. The lowest BCUT2D eigenvalue weighted by Crippen LogP contribution is -2.32. The van der Waals surface area contributed by atoms with Gasteiger partial charge in [-0.05, 0) is 6.07 Å². The van der Waals surface area contributed by atoms with Gasteiger partial charge in [0, 0.05) is 18.4 Å². The number of rotatable bonds is 4. The SMILES string of the molecule is Fc1cc(F)c2nc(CCCl)n(CC3COCCO3)c2c1. The standard InChI is InChI=1S/C14H15ClF2N2O2/c15-2-1-13-18-14-11(17)5-9(16)6-12(14)19(13)7-10-8-20-3-4-21-10/h5-6,10H,1-4,7-8H2. The minimum Gasteiger partial charge on any atom is -0.376 e. The fourth-order valence-electron chi connectivity index (χ4n) is 2.52. The van der Waals surface area contributed by atoms with E-state index in [-0.39, 0.29) is 11.6 Å². The molecule has 1 aromatic heterocycles. The van der Waals surface area contributed by atoms with E-state index in [1.54, 1.807) is 4.57 Å². The van der Waals surface area contributed by atoms with Gasteiger partial charge in [-0.2, -0.15) is 0 Å². The van der Waals surface area contributed by atoms with Crippen LogP contribution < -0.4 is 0 Å². The first kappa shape index (κ1) is 14.7. The third kappa shape index (κ3) is 3.02. The first-order valence-electron chi connectivity index (χ1n) is 6.78. The van der Waals surface area contributed by atoms with E-state index in [0.29, 0.717) is 50.0 Å². The van der Waals surface area contributed by atoms with E-state index in [2.05, 4.69) is 4.98 Å². The third-order valence-electron chi connectivity index (χ3n) is 3.44. The largest absolute Gasteiger partial charge is 0.376 e. The van der Waals surface area contributed by atoms with Gasteiger partial charge in [-0.3, -0.25) is 0 Å². The highest BCUT2D eigenvalue weighted by Crippen LogP contribution is 2.22. The number of hydrogen-bond acceptors (Lipinski definition) is 3. The summed E-state index contributed by atoms with van der Waals surface area (Å²) in [7, 11) is 0. The fraction of sp³-hybridized carbons (Fsp3) is 0.500. The number of alkyl halides is 1. The van der Waals surface area contributed by atoms with Crippen LogP contribution in [-0.4, -0.2) is 41.4 Å². The Morgan fingerprint density at radius 1 is 1.33 bits per heavy atom. The van der Waals surface area contributed by atoms with Crippen molar-refractivity contribution in [2.45, 2.75) is 19.1 Å². The zero-order valence-corrected chi connectivity index (χ0v) is 12.1. The normalized spacial score (nSPS) is 19.3. The molecular weight excluding hydrogens is 302 g/mol. The molecule has 0 aliphatic carbocycles. The van der Waals surface area contributed by atoms with Crippen molar-refractivity contribution in [1.29, 1.82) is 0 Å². The summed E-state index contributed by atoms with van der Waals surface area (Å²) in [5, 5.41) is 0. The van der Waals surface area contributed by atoms with Gasteiger partial charge in [-0.25, -0.2) is 13.8 Å². The molecule has 0 radical (unpaired) electrons. The Hall–Kier alpha value is -1.24. The number of hydrogen-bond donors (Lipinski definition) is 0. The molecule has 1 aromatic carbocycles. The summed E-state index contributed by atoms with van der Waals surface area (Å²) in [6.07, 6.45) is 0.321. The minimum absolute atomic E-state index is 0.156. The number of ether oxygens (including phenoxy) is 2. The molecule has 1 fully saturated rings. The van der Waals surface area contributed by atoms with Crippen molar-refractivity contribution >= 4 is 22.6 Å². The number of aromatic nitrogens is 2. The Morgan fingerprint density at radius 2 is 2.19 bits per heavy atom. The summed E-state index contributed by atoms with van der Waals surface area (Å²) in [5.74, 6) is -0.312. The van der Waals surface area contributed by atoms with Crippen molar-refractivity contribution in [1.82, 2.24) is 9.55 Å². The summed E-state index contributed by atoms with van der Waals surface area (Å²) >= 11 is 5.77. The van der Waals surface area contributed by atoms with E-state index in [1.165, 1.54) is 6.07 Å². The molecule has 1 unspecified atom stereocenters. The molecule has 7 heteroatoms. The molecule has 0 N–H and O–H groups in total. The average Bonchev–Trinajstić information content (AvgIpc) is 2.79. The van der Waals surface area contributed by atoms with Gasteiger partial charge < -0.3 is 14.0 Å². The van der Waals surface area contributed by atoms with Gasteiger partial charge in [-0.1, -0.05) is 0 Å². The van der Waals surface area contributed by atoms with Crippen LogP contribution >= 0.6 is 11.6 Å². The highest BCUT2D eigenvalue weighted by Gasteiger charge is 2.20. The molecule has 2 aromatic rings. The first-order chi connectivity index (χ1) is 10.2. The number of nitrogens with zero attached hydrogens (tertiary/aromatic N) is 2. The third-order valence-corrected chi connectivity index (χ3v) is 3.63. The van der Waals surface area contributed by atoms with E-state index in [9.17, 15) is 8.78 Å².